The van der Waals surface area contributed by atoms with Crippen LogP contribution in [0.25, 0.3) is 0 Å². The summed E-state index contributed by atoms with van der Waals surface area (Å²) in [6, 6.07) is 13.8. The minimum Gasteiger partial charge on any atom is -0.398 e. The highest BCUT2D eigenvalue weighted by Crippen LogP contribution is 2.22. The van der Waals surface area contributed by atoms with Gasteiger partial charge in [0.2, 0.25) is 0 Å². The van der Waals surface area contributed by atoms with Crippen molar-refractivity contribution in [3.05, 3.63) is 59.4 Å². The molecule has 0 saturated heterocycles. The van der Waals surface area contributed by atoms with Crippen LogP contribution in [0.1, 0.15) is 11.1 Å². The zero-order chi connectivity index (χ0) is 13.8. The fourth-order valence-corrected chi connectivity index (χ4v) is 1.90. The molecule has 0 atom stereocenters. The average molecular weight is 255 g/mol. The maximum atomic E-state index is 13.9. The Morgan fingerprint density at radius 3 is 2.63 bits per heavy atom. The van der Waals surface area contributed by atoms with Crippen molar-refractivity contribution >= 4 is 11.4 Å². The third-order valence-electron chi connectivity index (χ3n) is 2.95. The van der Waals surface area contributed by atoms with Gasteiger partial charge in [-0.05, 0) is 29.8 Å². The summed E-state index contributed by atoms with van der Waals surface area (Å²) in [7, 11) is 1.79. The van der Waals surface area contributed by atoms with Crippen LogP contribution < -0.4 is 10.6 Å². The molecule has 96 valence electrons. The number of nitrogens with two attached hydrogens (primary N) is 1. The Morgan fingerprint density at radius 2 is 2.00 bits per heavy atom. The van der Waals surface area contributed by atoms with Crippen LogP contribution in [0.4, 0.5) is 15.8 Å². The first-order valence-corrected chi connectivity index (χ1v) is 5.86. The molecule has 0 heterocycles. The van der Waals surface area contributed by atoms with Crippen LogP contribution in [0.5, 0.6) is 0 Å². The Bertz CT molecular complexity index is 632. The van der Waals surface area contributed by atoms with Crippen LogP contribution in [-0.4, -0.2) is 7.05 Å². The largest absolute Gasteiger partial charge is 0.398 e. The number of rotatable bonds is 3. The fourth-order valence-electron chi connectivity index (χ4n) is 1.90. The van der Waals surface area contributed by atoms with Gasteiger partial charge >= 0.3 is 0 Å². The molecule has 2 aromatic carbocycles. The molecule has 0 aliphatic heterocycles. The molecule has 0 radical (unpaired) electrons. The van der Waals surface area contributed by atoms with Crippen LogP contribution in [0.3, 0.4) is 0 Å². The maximum absolute atomic E-state index is 13.9. The van der Waals surface area contributed by atoms with Crippen molar-refractivity contribution < 1.29 is 4.39 Å². The zero-order valence-electron chi connectivity index (χ0n) is 10.6. The summed E-state index contributed by atoms with van der Waals surface area (Å²) in [5, 5.41) is 8.72. The number of nitriles is 1. The third-order valence-corrected chi connectivity index (χ3v) is 2.95. The number of para-hydroxylation sites is 1. The lowest BCUT2D eigenvalue weighted by Crippen LogP contribution is -2.18. The molecule has 2 aromatic rings. The Labute approximate surface area is 111 Å². The quantitative estimate of drug-likeness (QED) is 0.858. The molecule has 0 aromatic heterocycles. The van der Waals surface area contributed by atoms with E-state index in [-0.39, 0.29) is 0 Å². The fraction of sp³-hybridized carbons (Fsp3) is 0.133. The molecule has 2 rings (SSSR count). The number of nitrogens with zero attached hydrogens (tertiary/aromatic N) is 2. The molecule has 0 amide bonds. The van der Waals surface area contributed by atoms with Gasteiger partial charge in [-0.15, -0.1) is 0 Å². The van der Waals surface area contributed by atoms with Crippen LogP contribution in [0.15, 0.2) is 42.5 Å². The van der Waals surface area contributed by atoms with E-state index in [1.807, 2.05) is 30.3 Å². The molecule has 0 fully saturated rings. The van der Waals surface area contributed by atoms with Crippen LogP contribution in [0, 0.1) is 17.1 Å². The van der Waals surface area contributed by atoms with Crippen molar-refractivity contribution in [1.29, 1.82) is 5.26 Å². The van der Waals surface area contributed by atoms with E-state index in [2.05, 4.69) is 0 Å². The van der Waals surface area contributed by atoms with Gasteiger partial charge in [-0.25, -0.2) is 4.39 Å². The van der Waals surface area contributed by atoms with E-state index in [0.29, 0.717) is 23.5 Å². The summed E-state index contributed by atoms with van der Waals surface area (Å²) >= 11 is 0. The first kappa shape index (κ1) is 12.9. The second-order valence-electron chi connectivity index (χ2n) is 4.33. The van der Waals surface area contributed by atoms with E-state index in [0.717, 1.165) is 5.56 Å². The standard InChI is InChI=1S/C15H14FN3/c1-19(10-12-4-2-3-5-14(12)18)15-7-6-11(9-17)8-13(15)16/h2-8H,10,18H2,1H3. The third kappa shape index (κ3) is 2.83. The van der Waals surface area contributed by atoms with Gasteiger partial charge in [0, 0.05) is 19.3 Å². The van der Waals surface area contributed by atoms with Crippen LogP contribution in [-0.2, 0) is 6.54 Å². The highest BCUT2D eigenvalue weighted by Gasteiger charge is 2.10. The number of nitrogen functional groups attached to an aromatic ring is 1. The van der Waals surface area contributed by atoms with Crippen molar-refractivity contribution in [3.8, 4) is 6.07 Å². The first-order chi connectivity index (χ1) is 9.11. The lowest BCUT2D eigenvalue weighted by Gasteiger charge is -2.21. The van der Waals surface area contributed by atoms with E-state index in [1.165, 1.54) is 6.07 Å². The van der Waals surface area contributed by atoms with E-state index in [9.17, 15) is 4.39 Å². The molecule has 2 N–H and O–H groups in total. The van der Waals surface area contributed by atoms with Gasteiger partial charge in [-0.2, -0.15) is 5.26 Å². The Hall–Kier alpha value is -2.54. The van der Waals surface area contributed by atoms with Crippen molar-refractivity contribution in [3.63, 3.8) is 0 Å². The second-order valence-corrected chi connectivity index (χ2v) is 4.33. The van der Waals surface area contributed by atoms with Crippen molar-refractivity contribution in [2.24, 2.45) is 0 Å². The highest BCUT2D eigenvalue weighted by molar-refractivity contribution is 5.53. The summed E-state index contributed by atoms with van der Waals surface area (Å²) in [6.07, 6.45) is 0. The minimum atomic E-state index is -0.406. The van der Waals surface area contributed by atoms with Crippen molar-refractivity contribution in [1.82, 2.24) is 0 Å². The Kier molecular flexibility index (Phi) is 3.67. The van der Waals surface area contributed by atoms with Gasteiger partial charge in [0.1, 0.15) is 5.82 Å². The SMILES string of the molecule is CN(Cc1ccccc1N)c1ccc(C#N)cc1F. The van der Waals surface area contributed by atoms with Gasteiger partial charge in [0.05, 0.1) is 17.3 Å². The molecular weight excluding hydrogens is 241 g/mol. The zero-order valence-corrected chi connectivity index (χ0v) is 10.6. The molecule has 0 aliphatic carbocycles. The van der Waals surface area contributed by atoms with Crippen LogP contribution >= 0.6 is 0 Å². The normalized spacial score (nSPS) is 9.95. The molecule has 0 saturated carbocycles. The number of anilines is 2. The minimum absolute atomic E-state index is 0.314. The monoisotopic (exact) mass is 255 g/mol. The highest BCUT2D eigenvalue weighted by atomic mass is 19.1. The molecule has 4 heteroatoms. The second kappa shape index (κ2) is 5.40. The van der Waals surface area contributed by atoms with E-state index >= 15 is 0 Å². The van der Waals surface area contributed by atoms with Gasteiger partial charge in [-0.1, -0.05) is 18.2 Å². The van der Waals surface area contributed by atoms with Gasteiger partial charge in [0.15, 0.2) is 0 Å². The van der Waals surface area contributed by atoms with Crippen molar-refractivity contribution in [2.45, 2.75) is 6.54 Å². The summed E-state index contributed by atoms with van der Waals surface area (Å²) in [5.41, 5.74) is 8.25. The average Bonchev–Trinajstić information content (AvgIpc) is 2.41. The van der Waals surface area contributed by atoms with Gasteiger partial charge in [-0.3, -0.25) is 0 Å². The molecule has 0 bridgehead atoms. The van der Waals surface area contributed by atoms with Gasteiger partial charge < -0.3 is 10.6 Å². The van der Waals surface area contributed by atoms with E-state index < -0.39 is 5.82 Å². The molecular formula is C15H14FN3. The van der Waals surface area contributed by atoms with Crippen molar-refractivity contribution in [2.75, 3.05) is 17.7 Å². The number of hydrogen-bond donors (Lipinski definition) is 1. The molecule has 3 nitrogen and oxygen atoms in total. The molecule has 0 unspecified atom stereocenters. The Balaban J connectivity index is 2.24. The summed E-state index contributed by atoms with van der Waals surface area (Å²) < 4.78 is 13.9. The summed E-state index contributed by atoms with van der Waals surface area (Å²) in [5.74, 6) is -0.406. The first-order valence-electron chi connectivity index (χ1n) is 5.86. The predicted molar refractivity (Wildman–Crippen MR) is 74.1 cm³/mol. The molecule has 0 aliphatic rings. The predicted octanol–water partition coefficient (Wildman–Crippen LogP) is 2.92. The lowest BCUT2D eigenvalue weighted by molar-refractivity contribution is 0.622. The molecule has 19 heavy (non-hydrogen) atoms. The summed E-state index contributed by atoms with van der Waals surface area (Å²) in [6.45, 7) is 0.509. The molecule has 0 spiro atoms. The number of hydrogen-bond acceptors (Lipinski definition) is 3. The summed E-state index contributed by atoms with van der Waals surface area (Å²) in [4.78, 5) is 1.77. The topological polar surface area (TPSA) is 53.0 Å². The Morgan fingerprint density at radius 1 is 1.26 bits per heavy atom. The number of halogens is 1. The smallest absolute Gasteiger partial charge is 0.147 e. The lowest BCUT2D eigenvalue weighted by atomic mass is 10.1. The van der Waals surface area contributed by atoms with Crippen LogP contribution in [0.2, 0.25) is 0 Å². The van der Waals surface area contributed by atoms with E-state index in [1.54, 1.807) is 24.1 Å². The number of benzene rings is 2. The maximum Gasteiger partial charge on any atom is 0.147 e. The van der Waals surface area contributed by atoms with E-state index in [4.69, 9.17) is 11.0 Å². The van der Waals surface area contributed by atoms with Gasteiger partial charge in [0.25, 0.3) is 0 Å².